The molecule has 1 unspecified atom stereocenters. The number of primary amides is 1. The summed E-state index contributed by atoms with van der Waals surface area (Å²) in [6.45, 7) is 1.01. The molecule has 2 N–H and O–H groups in total. The first-order valence-electron chi connectivity index (χ1n) is 8.96. The van der Waals surface area contributed by atoms with Gasteiger partial charge in [0.05, 0.1) is 12.1 Å². The Bertz CT molecular complexity index is 1090. The fourth-order valence-corrected chi connectivity index (χ4v) is 3.05. The number of nitrogens with zero attached hydrogens (tertiary/aromatic N) is 5. The zero-order chi connectivity index (χ0) is 21.5. The molecule has 4 rings (SSSR count). The molecule has 0 bridgehead atoms. The van der Waals surface area contributed by atoms with E-state index in [0.29, 0.717) is 36.0 Å². The molecule has 158 valence electrons. The molecule has 30 heavy (non-hydrogen) atoms. The second-order valence-corrected chi connectivity index (χ2v) is 6.67. The summed E-state index contributed by atoms with van der Waals surface area (Å²) in [5, 5.41) is 3.66. The number of aromatic nitrogens is 5. The minimum Gasteiger partial charge on any atom is -0.491 e. The highest BCUT2D eigenvalue weighted by Gasteiger charge is 2.31. The molecule has 0 saturated heterocycles. The van der Waals surface area contributed by atoms with Gasteiger partial charge in [-0.05, 0) is 19.1 Å². The second kappa shape index (κ2) is 7.35. The van der Waals surface area contributed by atoms with Crippen LogP contribution in [0.5, 0.6) is 11.5 Å². The predicted molar refractivity (Wildman–Crippen MR) is 97.5 cm³/mol. The van der Waals surface area contributed by atoms with Crippen LogP contribution in [0.15, 0.2) is 30.7 Å². The van der Waals surface area contributed by atoms with Crippen molar-refractivity contribution in [2.75, 3.05) is 6.61 Å². The van der Waals surface area contributed by atoms with Gasteiger partial charge in [-0.2, -0.15) is 18.3 Å². The Morgan fingerprint density at radius 2 is 2.17 bits per heavy atom. The smallest absolute Gasteiger partial charge is 0.408 e. The lowest BCUT2D eigenvalue weighted by atomic mass is 10.1. The maximum atomic E-state index is 12.8. The molecule has 1 aliphatic heterocycles. The van der Waals surface area contributed by atoms with Gasteiger partial charge in [0.2, 0.25) is 0 Å². The molecule has 1 atom stereocenters. The van der Waals surface area contributed by atoms with Gasteiger partial charge in [0.25, 0.3) is 5.91 Å². The van der Waals surface area contributed by atoms with Gasteiger partial charge in [0.1, 0.15) is 42.5 Å². The quantitative estimate of drug-likeness (QED) is 0.674. The number of rotatable bonds is 5. The van der Waals surface area contributed by atoms with Gasteiger partial charge in [-0.1, -0.05) is 0 Å². The first-order valence-corrected chi connectivity index (χ1v) is 8.96. The van der Waals surface area contributed by atoms with Crippen molar-refractivity contribution in [3.05, 3.63) is 30.7 Å². The Hall–Kier alpha value is -3.57. The number of hydrogen-bond donors (Lipinski definition) is 1. The fourth-order valence-electron chi connectivity index (χ4n) is 3.05. The normalized spacial score (nSPS) is 14.3. The number of halogens is 3. The van der Waals surface area contributed by atoms with E-state index in [1.807, 2.05) is 0 Å². The Balaban J connectivity index is 1.69. The van der Waals surface area contributed by atoms with E-state index in [1.165, 1.54) is 6.92 Å². The summed E-state index contributed by atoms with van der Waals surface area (Å²) in [7, 11) is 0. The van der Waals surface area contributed by atoms with Gasteiger partial charge in [-0.25, -0.2) is 14.6 Å². The number of fused-ring (bicyclic) bond motifs is 3. The molecule has 1 amide bonds. The van der Waals surface area contributed by atoms with Crippen LogP contribution in [0.3, 0.4) is 0 Å². The third-order valence-electron chi connectivity index (χ3n) is 4.45. The zero-order valence-electron chi connectivity index (χ0n) is 15.8. The Morgan fingerprint density at radius 1 is 1.37 bits per heavy atom. The maximum absolute atomic E-state index is 12.8. The first-order chi connectivity index (χ1) is 14.2. The van der Waals surface area contributed by atoms with Gasteiger partial charge in [0, 0.05) is 12.3 Å². The number of alkyl halides is 3. The largest absolute Gasteiger partial charge is 0.491 e. The highest BCUT2D eigenvalue weighted by Crippen LogP contribution is 2.36. The summed E-state index contributed by atoms with van der Waals surface area (Å²) >= 11 is 0. The first kappa shape index (κ1) is 19.7. The van der Waals surface area contributed by atoms with Crippen molar-refractivity contribution >= 4 is 5.91 Å². The van der Waals surface area contributed by atoms with Crippen LogP contribution in [0.25, 0.3) is 22.9 Å². The van der Waals surface area contributed by atoms with Crippen LogP contribution in [0.4, 0.5) is 13.2 Å². The standard InChI is InChI=1S/C18H17F3N6O3/c1-10(15(22)28)30-11-2-3-12-14(6-11)29-5-4-26-7-13(25-16(12)26)17-23-9-24-27(17)8-18(19,20)21/h2-3,6-7,9-10H,4-5,8H2,1H3,(H2,22,28). The molecule has 3 heterocycles. The van der Waals surface area contributed by atoms with Crippen LogP contribution in [-0.2, 0) is 17.9 Å². The number of imidazole rings is 1. The number of nitrogens with two attached hydrogens (primary N) is 1. The molecule has 0 fully saturated rings. The van der Waals surface area contributed by atoms with Crippen molar-refractivity contribution in [1.82, 2.24) is 24.3 Å². The predicted octanol–water partition coefficient (Wildman–Crippen LogP) is 2.02. The van der Waals surface area contributed by atoms with Crippen molar-refractivity contribution < 1.29 is 27.4 Å². The number of carbonyl (C=O) groups excluding carboxylic acids is 1. The molecule has 0 spiro atoms. The number of ether oxygens (including phenoxy) is 2. The molecule has 1 aliphatic rings. The molecule has 0 aliphatic carbocycles. The van der Waals surface area contributed by atoms with Gasteiger partial charge in [-0.15, -0.1) is 0 Å². The summed E-state index contributed by atoms with van der Waals surface area (Å²) in [5.74, 6) is 0.787. The van der Waals surface area contributed by atoms with Crippen molar-refractivity contribution in [3.8, 4) is 34.4 Å². The molecule has 2 aromatic heterocycles. The highest BCUT2D eigenvalue weighted by atomic mass is 19.4. The van der Waals surface area contributed by atoms with Gasteiger partial charge in [0.15, 0.2) is 11.9 Å². The summed E-state index contributed by atoms with van der Waals surface area (Å²) in [5.41, 5.74) is 6.11. The highest BCUT2D eigenvalue weighted by molar-refractivity contribution is 5.78. The molecule has 1 aromatic carbocycles. The van der Waals surface area contributed by atoms with E-state index in [2.05, 4.69) is 15.1 Å². The SMILES string of the molecule is CC(Oc1ccc2c(c1)OCCn1cc(-c3ncnn3CC(F)(F)F)nc1-2)C(N)=O. The van der Waals surface area contributed by atoms with E-state index < -0.39 is 24.7 Å². The number of carbonyl (C=O) groups is 1. The van der Waals surface area contributed by atoms with E-state index >= 15 is 0 Å². The van der Waals surface area contributed by atoms with Crippen molar-refractivity contribution in [1.29, 1.82) is 0 Å². The Kier molecular flexibility index (Phi) is 4.84. The monoisotopic (exact) mass is 422 g/mol. The lowest BCUT2D eigenvalue weighted by molar-refractivity contribution is -0.142. The summed E-state index contributed by atoms with van der Waals surface area (Å²) in [4.78, 5) is 19.6. The summed E-state index contributed by atoms with van der Waals surface area (Å²) in [6, 6.07) is 4.95. The summed E-state index contributed by atoms with van der Waals surface area (Å²) in [6.07, 6.45) is -2.57. The van der Waals surface area contributed by atoms with Gasteiger partial charge < -0.3 is 19.8 Å². The third-order valence-corrected chi connectivity index (χ3v) is 4.45. The summed E-state index contributed by atoms with van der Waals surface area (Å²) < 4.78 is 52.2. The molecule has 0 saturated carbocycles. The molecular formula is C18H17F3N6O3. The third kappa shape index (κ3) is 3.93. The van der Waals surface area contributed by atoms with Crippen LogP contribution < -0.4 is 15.2 Å². The van der Waals surface area contributed by atoms with Gasteiger partial charge in [-0.3, -0.25) is 4.79 Å². The Labute approximate surface area is 168 Å². The van der Waals surface area contributed by atoms with Crippen LogP contribution in [-0.4, -0.2) is 49.1 Å². The molecule has 3 aromatic rings. The molecule has 0 radical (unpaired) electrons. The van der Waals surface area contributed by atoms with E-state index in [1.54, 1.807) is 29.0 Å². The van der Waals surface area contributed by atoms with Crippen LogP contribution in [0, 0.1) is 0 Å². The van der Waals surface area contributed by atoms with Crippen molar-refractivity contribution in [3.63, 3.8) is 0 Å². The van der Waals surface area contributed by atoms with E-state index in [9.17, 15) is 18.0 Å². The average Bonchev–Trinajstić information content (AvgIpc) is 3.23. The lowest BCUT2D eigenvalue weighted by Gasteiger charge is -2.13. The number of hydrogen-bond acceptors (Lipinski definition) is 6. The number of amides is 1. The van der Waals surface area contributed by atoms with E-state index in [-0.39, 0.29) is 11.5 Å². The number of benzene rings is 1. The maximum Gasteiger partial charge on any atom is 0.408 e. The van der Waals surface area contributed by atoms with Crippen LogP contribution in [0.1, 0.15) is 6.92 Å². The van der Waals surface area contributed by atoms with E-state index in [0.717, 1.165) is 11.0 Å². The fraction of sp³-hybridized carbons (Fsp3) is 0.333. The second-order valence-electron chi connectivity index (χ2n) is 6.67. The van der Waals surface area contributed by atoms with E-state index in [4.69, 9.17) is 15.2 Å². The molecular weight excluding hydrogens is 405 g/mol. The van der Waals surface area contributed by atoms with Gasteiger partial charge >= 0.3 is 6.18 Å². The minimum atomic E-state index is -4.43. The van der Waals surface area contributed by atoms with Crippen molar-refractivity contribution in [2.24, 2.45) is 5.73 Å². The topological polar surface area (TPSA) is 110 Å². The van der Waals surface area contributed by atoms with Crippen LogP contribution in [0.2, 0.25) is 0 Å². The molecule has 9 nitrogen and oxygen atoms in total. The van der Waals surface area contributed by atoms with Crippen molar-refractivity contribution in [2.45, 2.75) is 32.3 Å². The Morgan fingerprint density at radius 3 is 2.90 bits per heavy atom. The zero-order valence-corrected chi connectivity index (χ0v) is 15.8. The lowest BCUT2D eigenvalue weighted by Crippen LogP contribution is -2.30. The molecule has 12 heteroatoms. The average molecular weight is 422 g/mol. The van der Waals surface area contributed by atoms with Crippen LogP contribution >= 0.6 is 0 Å². The minimum absolute atomic E-state index is 0.0191.